The lowest BCUT2D eigenvalue weighted by Gasteiger charge is -2.25. The number of fused-ring (bicyclic) bond motifs is 2. The van der Waals surface area contributed by atoms with Gasteiger partial charge < -0.3 is 36.4 Å². The van der Waals surface area contributed by atoms with Crippen LogP contribution in [-0.2, 0) is 40.2 Å². The molecule has 0 unspecified atom stereocenters. The SMILES string of the molecule is NC(=O)N/N=C/[C@H](Cc1ccccc1)NC(=O)[C@H](Cc1c[nH]c2ccccc12)NC(=O)[C@H](Cc1c[nH]c2ccccc12)NC(=O)OCc1ccccc1. The monoisotopic (exact) mass is 712 g/mol. The van der Waals surface area contributed by atoms with Crippen LogP contribution in [0.15, 0.2) is 127 Å². The van der Waals surface area contributed by atoms with Gasteiger partial charge in [-0.2, -0.15) is 5.10 Å². The number of nitrogens with two attached hydrogens (primary N) is 1. The normalized spacial score (nSPS) is 12.9. The highest BCUT2D eigenvalue weighted by Crippen LogP contribution is 2.21. The zero-order valence-electron chi connectivity index (χ0n) is 28.8. The quantitative estimate of drug-likeness (QED) is 0.0603. The third kappa shape index (κ3) is 9.88. The Morgan fingerprint density at radius 3 is 1.74 bits per heavy atom. The Labute approximate surface area is 305 Å². The largest absolute Gasteiger partial charge is 0.445 e. The minimum absolute atomic E-state index is 0.00859. The predicted molar refractivity (Wildman–Crippen MR) is 203 cm³/mol. The molecule has 2 aromatic heterocycles. The fourth-order valence-corrected chi connectivity index (χ4v) is 6.12. The first-order valence-electron chi connectivity index (χ1n) is 17.1. The number of primary amides is 1. The molecule has 4 aromatic carbocycles. The molecule has 0 aliphatic rings. The average molecular weight is 713 g/mol. The van der Waals surface area contributed by atoms with Crippen molar-refractivity contribution in [1.29, 1.82) is 0 Å². The van der Waals surface area contributed by atoms with Gasteiger partial charge in [-0.1, -0.05) is 97.1 Å². The van der Waals surface area contributed by atoms with Crippen molar-refractivity contribution in [3.8, 4) is 0 Å². The summed E-state index contributed by atoms with van der Waals surface area (Å²) in [5.41, 5.74) is 12.4. The second-order valence-electron chi connectivity index (χ2n) is 12.5. The Bertz CT molecular complexity index is 2200. The molecular formula is C40H40N8O5. The number of alkyl carbamates (subject to hydrolysis) is 1. The van der Waals surface area contributed by atoms with Gasteiger partial charge in [0.2, 0.25) is 11.8 Å². The minimum atomic E-state index is -1.11. The summed E-state index contributed by atoms with van der Waals surface area (Å²) in [6.07, 6.45) is 4.76. The molecule has 5 amide bonds. The maximum absolute atomic E-state index is 14.3. The van der Waals surface area contributed by atoms with Gasteiger partial charge in [-0.3, -0.25) is 9.59 Å². The number of para-hydroxylation sites is 2. The number of nitrogens with one attached hydrogen (secondary N) is 6. The summed E-state index contributed by atoms with van der Waals surface area (Å²) in [4.78, 5) is 59.4. The second kappa shape index (κ2) is 17.4. The van der Waals surface area contributed by atoms with Crippen molar-refractivity contribution in [2.75, 3.05) is 0 Å². The summed E-state index contributed by atoms with van der Waals surface area (Å²) >= 11 is 0. The summed E-state index contributed by atoms with van der Waals surface area (Å²) in [7, 11) is 0. The molecule has 6 rings (SSSR count). The van der Waals surface area contributed by atoms with Crippen LogP contribution >= 0.6 is 0 Å². The molecule has 0 saturated heterocycles. The number of aromatic amines is 2. The van der Waals surface area contributed by atoms with Crippen molar-refractivity contribution in [3.05, 3.63) is 144 Å². The van der Waals surface area contributed by atoms with Gasteiger partial charge in [0.1, 0.15) is 18.7 Å². The van der Waals surface area contributed by atoms with E-state index in [1.54, 1.807) is 12.4 Å². The molecule has 13 heteroatoms. The lowest BCUT2D eigenvalue weighted by Crippen LogP contribution is -2.56. The Hall–Kier alpha value is -6.89. The Morgan fingerprint density at radius 1 is 0.642 bits per heavy atom. The number of benzene rings is 4. The first-order valence-corrected chi connectivity index (χ1v) is 17.1. The molecule has 0 spiro atoms. The number of nitrogens with zero attached hydrogens (tertiary/aromatic N) is 1. The van der Waals surface area contributed by atoms with Gasteiger partial charge in [0.05, 0.1) is 6.04 Å². The van der Waals surface area contributed by atoms with Gasteiger partial charge in [0, 0.05) is 53.3 Å². The zero-order chi connectivity index (χ0) is 37.0. The summed E-state index contributed by atoms with van der Waals surface area (Å²) in [6, 6.07) is 30.2. The van der Waals surface area contributed by atoms with E-state index >= 15 is 0 Å². The third-order valence-corrected chi connectivity index (χ3v) is 8.71. The standard InChI is InChI=1S/C40H40N8O5/c41-39(51)48-44-24-30(19-26-11-3-1-4-12-26)45-37(49)35(20-28-22-42-33-17-9-7-15-31(28)33)46-38(50)36(21-29-23-43-34-18-10-8-16-32(29)34)47-40(52)53-25-27-13-5-2-6-14-27/h1-18,22-24,30,35-36,42-43H,19-21,25H2,(H,45,49)(H,46,50)(H,47,52)(H3,41,48,51)/b44-24+/t30-,35-,36-/m0/s1. The lowest BCUT2D eigenvalue weighted by molar-refractivity contribution is -0.130. The molecular weight excluding hydrogens is 672 g/mol. The Morgan fingerprint density at radius 2 is 1.15 bits per heavy atom. The molecule has 13 nitrogen and oxygen atoms in total. The number of ether oxygens (including phenoxy) is 1. The number of carbonyl (C=O) groups excluding carboxylic acids is 4. The topological polar surface area (TPSA) is 196 Å². The minimum Gasteiger partial charge on any atom is -0.445 e. The second-order valence-corrected chi connectivity index (χ2v) is 12.5. The molecule has 270 valence electrons. The fraction of sp³-hybridized carbons (Fsp3) is 0.175. The number of hydrazone groups is 1. The Kier molecular flexibility index (Phi) is 11.8. The number of urea groups is 1. The smallest absolute Gasteiger partial charge is 0.408 e. The highest BCUT2D eigenvalue weighted by molar-refractivity contribution is 5.94. The van der Waals surface area contributed by atoms with Gasteiger partial charge in [-0.25, -0.2) is 15.0 Å². The van der Waals surface area contributed by atoms with E-state index in [-0.39, 0.29) is 19.4 Å². The van der Waals surface area contributed by atoms with Crippen molar-refractivity contribution in [1.82, 2.24) is 31.3 Å². The number of carbonyl (C=O) groups is 4. The number of H-pyrrole nitrogens is 2. The summed E-state index contributed by atoms with van der Waals surface area (Å²) < 4.78 is 5.49. The summed E-state index contributed by atoms with van der Waals surface area (Å²) in [6.45, 7) is 0.00859. The van der Waals surface area contributed by atoms with Gasteiger partial charge in [-0.15, -0.1) is 0 Å². The summed E-state index contributed by atoms with van der Waals surface area (Å²) in [5.74, 6) is -1.09. The van der Waals surface area contributed by atoms with Crippen LogP contribution in [0.4, 0.5) is 9.59 Å². The van der Waals surface area contributed by atoms with Gasteiger partial charge in [0.25, 0.3) is 0 Å². The molecule has 0 bridgehead atoms. The van der Waals surface area contributed by atoms with E-state index < -0.39 is 42.1 Å². The first-order chi connectivity index (χ1) is 25.8. The van der Waals surface area contributed by atoms with E-state index in [9.17, 15) is 19.2 Å². The van der Waals surface area contributed by atoms with Crippen LogP contribution in [0.3, 0.4) is 0 Å². The molecule has 53 heavy (non-hydrogen) atoms. The van der Waals surface area contributed by atoms with E-state index in [2.05, 4.69) is 36.4 Å². The predicted octanol–water partition coefficient (Wildman–Crippen LogP) is 4.60. The average Bonchev–Trinajstić information content (AvgIpc) is 3.78. The van der Waals surface area contributed by atoms with E-state index in [1.807, 2.05) is 109 Å². The molecule has 0 aliphatic heterocycles. The van der Waals surface area contributed by atoms with Crippen molar-refractivity contribution in [2.45, 2.75) is 44.0 Å². The zero-order valence-corrected chi connectivity index (χ0v) is 28.8. The lowest BCUT2D eigenvalue weighted by atomic mass is 10.0. The molecule has 0 saturated carbocycles. The molecule has 3 atom stereocenters. The molecule has 2 heterocycles. The van der Waals surface area contributed by atoms with Crippen LogP contribution < -0.4 is 27.1 Å². The fourth-order valence-electron chi connectivity index (χ4n) is 6.12. The van der Waals surface area contributed by atoms with Crippen molar-refractivity contribution in [2.24, 2.45) is 10.8 Å². The number of aromatic nitrogens is 2. The van der Waals surface area contributed by atoms with Crippen molar-refractivity contribution < 1.29 is 23.9 Å². The molecule has 0 fully saturated rings. The van der Waals surface area contributed by atoms with Crippen LogP contribution in [0.25, 0.3) is 21.8 Å². The highest BCUT2D eigenvalue weighted by atomic mass is 16.5. The maximum atomic E-state index is 14.3. The van der Waals surface area contributed by atoms with E-state index in [0.29, 0.717) is 6.42 Å². The number of hydrogen-bond acceptors (Lipinski definition) is 6. The van der Waals surface area contributed by atoms with Gasteiger partial charge in [-0.05, 0) is 40.8 Å². The summed E-state index contributed by atoms with van der Waals surface area (Å²) in [5, 5.41) is 14.3. The van der Waals surface area contributed by atoms with Crippen molar-refractivity contribution in [3.63, 3.8) is 0 Å². The van der Waals surface area contributed by atoms with Gasteiger partial charge >= 0.3 is 12.1 Å². The molecule has 6 aromatic rings. The van der Waals surface area contributed by atoms with Crippen molar-refractivity contribution >= 4 is 52.0 Å². The van der Waals surface area contributed by atoms with Crippen LogP contribution in [0.1, 0.15) is 22.3 Å². The first kappa shape index (κ1) is 35.9. The Balaban J connectivity index is 1.27. The highest BCUT2D eigenvalue weighted by Gasteiger charge is 2.30. The van der Waals surface area contributed by atoms with E-state index in [4.69, 9.17) is 10.5 Å². The number of amides is 5. The van der Waals surface area contributed by atoms with Crippen LogP contribution in [-0.4, -0.2) is 58.2 Å². The number of hydrogen-bond donors (Lipinski definition) is 7. The van der Waals surface area contributed by atoms with Crippen LogP contribution in [0.5, 0.6) is 0 Å². The maximum Gasteiger partial charge on any atom is 0.408 e. The van der Waals surface area contributed by atoms with Gasteiger partial charge in [0.15, 0.2) is 0 Å². The number of rotatable bonds is 15. The molecule has 0 radical (unpaired) electrons. The van der Waals surface area contributed by atoms with E-state index in [1.165, 1.54) is 6.21 Å². The molecule has 8 N–H and O–H groups in total. The molecule has 0 aliphatic carbocycles. The third-order valence-electron chi connectivity index (χ3n) is 8.71. The van der Waals surface area contributed by atoms with E-state index in [0.717, 1.165) is 44.1 Å². The van der Waals surface area contributed by atoms with Crippen LogP contribution in [0.2, 0.25) is 0 Å². The van der Waals surface area contributed by atoms with Crippen LogP contribution in [0, 0.1) is 0 Å².